The lowest BCUT2D eigenvalue weighted by Crippen LogP contribution is -2.32. The molecular formula is C15H20BrNO3. The van der Waals surface area contributed by atoms with Crippen LogP contribution in [0.15, 0.2) is 28.7 Å². The van der Waals surface area contributed by atoms with Crippen molar-refractivity contribution >= 4 is 27.6 Å². The minimum absolute atomic E-state index is 0.110. The van der Waals surface area contributed by atoms with Crippen molar-refractivity contribution in [3.63, 3.8) is 0 Å². The number of carbonyl (C=O) groups excluding carboxylic acids is 2. The van der Waals surface area contributed by atoms with Crippen molar-refractivity contribution in [1.82, 2.24) is 5.32 Å². The molecule has 0 aliphatic heterocycles. The standard InChI is InChI=1S/C15H20BrNO3/c1-15(2,10-18)8-3-9-17-14(20)13(19)11-4-6-12(16)7-5-11/h4-7,18H,3,8-10H2,1-2H3,(H,17,20). The van der Waals surface area contributed by atoms with E-state index in [9.17, 15) is 9.59 Å². The third-order valence-corrected chi connectivity index (χ3v) is 3.59. The number of hydrogen-bond acceptors (Lipinski definition) is 3. The predicted molar refractivity (Wildman–Crippen MR) is 81.6 cm³/mol. The fourth-order valence-corrected chi connectivity index (χ4v) is 1.92. The summed E-state index contributed by atoms with van der Waals surface area (Å²) in [7, 11) is 0. The van der Waals surface area contributed by atoms with Crippen LogP contribution < -0.4 is 5.32 Å². The smallest absolute Gasteiger partial charge is 0.292 e. The monoisotopic (exact) mass is 341 g/mol. The average Bonchev–Trinajstić information content (AvgIpc) is 2.43. The van der Waals surface area contributed by atoms with Crippen molar-refractivity contribution in [2.75, 3.05) is 13.2 Å². The van der Waals surface area contributed by atoms with Crippen LogP contribution in [0, 0.1) is 5.41 Å². The molecule has 0 aromatic heterocycles. The Morgan fingerprint density at radius 1 is 1.25 bits per heavy atom. The molecule has 0 atom stereocenters. The van der Waals surface area contributed by atoms with Crippen LogP contribution in [0.2, 0.25) is 0 Å². The number of halogens is 1. The van der Waals surface area contributed by atoms with Crippen molar-refractivity contribution in [2.45, 2.75) is 26.7 Å². The first-order valence-corrected chi connectivity index (χ1v) is 7.34. The van der Waals surface area contributed by atoms with Crippen LogP contribution >= 0.6 is 15.9 Å². The second kappa shape index (κ2) is 7.55. The van der Waals surface area contributed by atoms with E-state index in [1.807, 2.05) is 13.8 Å². The maximum absolute atomic E-state index is 11.8. The molecule has 110 valence electrons. The van der Waals surface area contributed by atoms with Crippen LogP contribution in [0.5, 0.6) is 0 Å². The molecule has 0 saturated carbocycles. The highest BCUT2D eigenvalue weighted by atomic mass is 79.9. The molecule has 1 rings (SSSR count). The van der Waals surface area contributed by atoms with E-state index in [1.165, 1.54) is 0 Å². The Labute approximate surface area is 127 Å². The Morgan fingerprint density at radius 3 is 2.40 bits per heavy atom. The summed E-state index contributed by atoms with van der Waals surface area (Å²) in [4.78, 5) is 23.5. The number of nitrogens with one attached hydrogen (secondary N) is 1. The van der Waals surface area contributed by atoms with Gasteiger partial charge in [-0.1, -0.05) is 29.8 Å². The van der Waals surface area contributed by atoms with Crippen molar-refractivity contribution in [2.24, 2.45) is 5.41 Å². The van der Waals surface area contributed by atoms with Gasteiger partial charge in [0, 0.05) is 23.2 Å². The van der Waals surface area contributed by atoms with Gasteiger partial charge in [-0.25, -0.2) is 0 Å². The summed E-state index contributed by atoms with van der Waals surface area (Å²) in [5, 5.41) is 11.7. The maximum atomic E-state index is 11.8. The van der Waals surface area contributed by atoms with Crippen molar-refractivity contribution in [3.05, 3.63) is 34.3 Å². The van der Waals surface area contributed by atoms with Gasteiger partial charge in [-0.05, 0) is 42.5 Å². The van der Waals surface area contributed by atoms with Gasteiger partial charge in [0.05, 0.1) is 0 Å². The lowest BCUT2D eigenvalue weighted by Gasteiger charge is -2.21. The summed E-state index contributed by atoms with van der Waals surface area (Å²) in [6, 6.07) is 6.68. The zero-order valence-corrected chi connectivity index (χ0v) is 13.4. The molecule has 0 spiro atoms. The summed E-state index contributed by atoms with van der Waals surface area (Å²) in [5.41, 5.74) is 0.224. The highest BCUT2D eigenvalue weighted by Crippen LogP contribution is 2.20. The van der Waals surface area contributed by atoms with Crippen molar-refractivity contribution in [3.8, 4) is 0 Å². The van der Waals surface area contributed by atoms with Gasteiger partial charge in [-0.2, -0.15) is 0 Å². The number of aliphatic hydroxyl groups is 1. The fourth-order valence-electron chi connectivity index (χ4n) is 1.66. The summed E-state index contributed by atoms with van der Waals surface area (Å²) in [6.45, 7) is 4.47. The Kier molecular flexibility index (Phi) is 6.36. The summed E-state index contributed by atoms with van der Waals surface area (Å²) in [5.74, 6) is -1.12. The van der Waals surface area contributed by atoms with Crippen LogP contribution in [0.4, 0.5) is 0 Å². The van der Waals surface area contributed by atoms with E-state index >= 15 is 0 Å². The van der Waals surface area contributed by atoms with Crippen LogP contribution in [-0.2, 0) is 4.79 Å². The molecule has 1 aromatic rings. The zero-order chi connectivity index (χ0) is 15.2. The van der Waals surface area contributed by atoms with E-state index in [0.717, 1.165) is 17.3 Å². The minimum Gasteiger partial charge on any atom is -0.396 e. The largest absolute Gasteiger partial charge is 0.396 e. The molecule has 0 bridgehead atoms. The Bertz CT molecular complexity index is 469. The number of benzene rings is 1. The topological polar surface area (TPSA) is 66.4 Å². The second-order valence-corrected chi connectivity index (χ2v) is 6.43. The van der Waals surface area contributed by atoms with E-state index in [2.05, 4.69) is 21.2 Å². The normalized spacial score (nSPS) is 11.2. The molecule has 20 heavy (non-hydrogen) atoms. The molecular weight excluding hydrogens is 322 g/mol. The summed E-state index contributed by atoms with van der Waals surface area (Å²) < 4.78 is 0.862. The molecule has 4 nitrogen and oxygen atoms in total. The number of hydrogen-bond donors (Lipinski definition) is 2. The second-order valence-electron chi connectivity index (χ2n) is 5.52. The van der Waals surface area contributed by atoms with Crippen LogP contribution in [0.25, 0.3) is 0 Å². The molecule has 0 unspecified atom stereocenters. The average molecular weight is 342 g/mol. The first kappa shape index (κ1) is 16.9. The van der Waals surface area contributed by atoms with E-state index < -0.39 is 11.7 Å². The van der Waals surface area contributed by atoms with Gasteiger partial charge in [0.2, 0.25) is 5.78 Å². The predicted octanol–water partition coefficient (Wildman–Crippen LogP) is 2.55. The number of aliphatic hydroxyl groups excluding tert-OH is 1. The number of ketones is 1. The number of rotatable bonds is 7. The third-order valence-electron chi connectivity index (χ3n) is 3.06. The van der Waals surface area contributed by atoms with Gasteiger partial charge in [0.15, 0.2) is 0 Å². The molecule has 5 heteroatoms. The minimum atomic E-state index is -0.589. The number of carbonyl (C=O) groups is 2. The third kappa shape index (κ3) is 5.43. The van der Waals surface area contributed by atoms with Crippen LogP contribution in [0.1, 0.15) is 37.0 Å². The molecule has 0 radical (unpaired) electrons. The molecule has 0 saturated heterocycles. The van der Waals surface area contributed by atoms with Gasteiger partial charge in [-0.15, -0.1) is 0 Å². The first-order valence-electron chi connectivity index (χ1n) is 6.55. The molecule has 0 aliphatic carbocycles. The Hall–Kier alpha value is -1.20. The SMILES string of the molecule is CC(C)(CO)CCCNC(=O)C(=O)c1ccc(Br)cc1. The van der Waals surface area contributed by atoms with E-state index in [0.29, 0.717) is 12.1 Å². The lowest BCUT2D eigenvalue weighted by molar-refractivity contribution is -0.117. The quantitative estimate of drug-likeness (QED) is 0.455. The lowest BCUT2D eigenvalue weighted by atomic mass is 9.89. The van der Waals surface area contributed by atoms with Crippen LogP contribution in [0.3, 0.4) is 0 Å². The van der Waals surface area contributed by atoms with Gasteiger partial charge >= 0.3 is 0 Å². The van der Waals surface area contributed by atoms with Crippen molar-refractivity contribution < 1.29 is 14.7 Å². The van der Waals surface area contributed by atoms with Gasteiger partial charge in [0.25, 0.3) is 5.91 Å². The van der Waals surface area contributed by atoms with E-state index in [1.54, 1.807) is 24.3 Å². The number of amides is 1. The highest BCUT2D eigenvalue weighted by Gasteiger charge is 2.18. The van der Waals surface area contributed by atoms with Gasteiger partial charge in [0.1, 0.15) is 0 Å². The Balaban J connectivity index is 2.40. The molecule has 0 aliphatic rings. The number of Topliss-reactive ketones (excluding diaryl/α,β-unsaturated/α-hetero) is 1. The van der Waals surface area contributed by atoms with Gasteiger partial charge < -0.3 is 10.4 Å². The Morgan fingerprint density at radius 2 is 1.85 bits per heavy atom. The van der Waals surface area contributed by atoms with Crippen molar-refractivity contribution in [1.29, 1.82) is 0 Å². The maximum Gasteiger partial charge on any atom is 0.292 e. The van der Waals surface area contributed by atoms with E-state index in [-0.39, 0.29) is 12.0 Å². The van der Waals surface area contributed by atoms with Crippen LogP contribution in [-0.4, -0.2) is 29.9 Å². The summed E-state index contributed by atoms with van der Waals surface area (Å²) in [6.07, 6.45) is 1.52. The molecule has 0 heterocycles. The summed E-state index contributed by atoms with van der Waals surface area (Å²) >= 11 is 3.28. The zero-order valence-electron chi connectivity index (χ0n) is 11.8. The fraction of sp³-hybridized carbons (Fsp3) is 0.467. The van der Waals surface area contributed by atoms with E-state index in [4.69, 9.17) is 5.11 Å². The molecule has 1 aromatic carbocycles. The molecule has 2 N–H and O–H groups in total. The molecule has 1 amide bonds. The first-order chi connectivity index (χ1) is 9.35. The van der Waals surface area contributed by atoms with Gasteiger partial charge in [-0.3, -0.25) is 9.59 Å². The molecule has 0 fully saturated rings. The highest BCUT2D eigenvalue weighted by molar-refractivity contribution is 9.10.